The number of fused-ring (bicyclic) bond motifs is 1. The third-order valence-electron chi connectivity index (χ3n) is 2.91. The molecule has 0 fully saturated rings. The van der Waals surface area contributed by atoms with E-state index in [9.17, 15) is 9.59 Å². The number of hydrogen-bond donors (Lipinski definition) is 1. The summed E-state index contributed by atoms with van der Waals surface area (Å²) in [4.78, 5) is 27.0. The number of aromatic nitrogens is 2. The molecule has 3 heterocycles. The van der Waals surface area contributed by atoms with Gasteiger partial charge in [0.05, 0.1) is 5.69 Å². The number of esters is 1. The van der Waals surface area contributed by atoms with Gasteiger partial charge in [-0.3, -0.25) is 4.79 Å². The Hall–Kier alpha value is -2.70. The van der Waals surface area contributed by atoms with E-state index >= 15 is 0 Å². The highest BCUT2D eigenvalue weighted by molar-refractivity contribution is 6.37. The lowest BCUT2D eigenvalue weighted by atomic mass is 10.2. The molecule has 20 heavy (non-hydrogen) atoms. The van der Waals surface area contributed by atoms with Crippen molar-refractivity contribution in [2.45, 2.75) is 19.4 Å². The van der Waals surface area contributed by atoms with Crippen LogP contribution in [0.4, 0.5) is 0 Å². The summed E-state index contributed by atoms with van der Waals surface area (Å²) in [5.41, 5.74) is 3.94. The Labute approximate surface area is 114 Å². The fourth-order valence-electron chi connectivity index (χ4n) is 1.90. The Kier molecular flexibility index (Phi) is 3.16. The molecule has 1 aliphatic heterocycles. The molecule has 1 aliphatic rings. The molecular formula is C13H12N4O3. The first kappa shape index (κ1) is 12.3. The molecule has 0 saturated carbocycles. The highest BCUT2D eigenvalue weighted by Gasteiger charge is 2.19. The standard InChI is InChI=1S/C13H12N4O3/c18-12-5-4-10(15-16-12)13(19)20-8-9-7-17-6-2-1-3-11(17)14-9/h1-3,6-7H,4-5,8H2,(H,16,18). The number of carbonyl (C=O) groups is 2. The van der Waals surface area contributed by atoms with Crippen LogP contribution >= 0.6 is 0 Å². The Morgan fingerprint density at radius 1 is 1.40 bits per heavy atom. The number of ether oxygens (including phenoxy) is 1. The summed E-state index contributed by atoms with van der Waals surface area (Å²) < 4.78 is 6.98. The largest absolute Gasteiger partial charge is 0.455 e. The van der Waals surface area contributed by atoms with Crippen LogP contribution in [0.15, 0.2) is 35.7 Å². The first-order valence-corrected chi connectivity index (χ1v) is 6.17. The van der Waals surface area contributed by atoms with E-state index in [1.54, 1.807) is 6.20 Å². The Bertz CT molecular complexity index is 671. The van der Waals surface area contributed by atoms with E-state index in [0.717, 1.165) is 5.65 Å². The van der Waals surface area contributed by atoms with E-state index in [1.807, 2.05) is 28.8 Å². The summed E-state index contributed by atoms with van der Waals surface area (Å²) in [6.07, 6.45) is 4.22. The van der Waals surface area contributed by atoms with Crippen LogP contribution in [0.2, 0.25) is 0 Å². The minimum absolute atomic E-state index is 0.0769. The maximum absolute atomic E-state index is 11.8. The van der Waals surface area contributed by atoms with E-state index in [4.69, 9.17) is 4.74 Å². The number of hydrogen-bond acceptors (Lipinski definition) is 5. The zero-order valence-electron chi connectivity index (χ0n) is 10.6. The highest BCUT2D eigenvalue weighted by atomic mass is 16.5. The number of pyridine rings is 1. The van der Waals surface area contributed by atoms with Crippen LogP contribution in [0.5, 0.6) is 0 Å². The second-order valence-corrected chi connectivity index (χ2v) is 4.37. The van der Waals surface area contributed by atoms with Gasteiger partial charge < -0.3 is 9.14 Å². The Balaban J connectivity index is 1.64. The van der Waals surface area contributed by atoms with Gasteiger partial charge >= 0.3 is 5.97 Å². The third kappa shape index (κ3) is 2.51. The predicted molar refractivity (Wildman–Crippen MR) is 69.8 cm³/mol. The van der Waals surface area contributed by atoms with Gasteiger partial charge in [0.1, 0.15) is 18.0 Å². The molecule has 0 saturated heterocycles. The lowest BCUT2D eigenvalue weighted by Crippen LogP contribution is -2.30. The molecule has 0 bridgehead atoms. The zero-order valence-corrected chi connectivity index (χ0v) is 10.6. The summed E-state index contributed by atoms with van der Waals surface area (Å²) in [6.45, 7) is 0.0769. The van der Waals surface area contributed by atoms with E-state index in [0.29, 0.717) is 12.1 Å². The smallest absolute Gasteiger partial charge is 0.354 e. The van der Waals surface area contributed by atoms with Gasteiger partial charge in [0.25, 0.3) is 0 Å². The maximum Gasteiger partial charge on any atom is 0.354 e. The first-order valence-electron chi connectivity index (χ1n) is 6.17. The minimum atomic E-state index is -0.526. The van der Waals surface area contributed by atoms with Crippen molar-refractivity contribution in [3.05, 3.63) is 36.3 Å². The molecule has 102 valence electrons. The molecule has 1 N–H and O–H groups in total. The third-order valence-corrected chi connectivity index (χ3v) is 2.91. The van der Waals surface area contributed by atoms with Crippen molar-refractivity contribution in [2.75, 3.05) is 0 Å². The molecule has 0 spiro atoms. The molecule has 0 aromatic carbocycles. The number of hydrazone groups is 1. The first-order chi connectivity index (χ1) is 9.72. The number of imidazole rings is 1. The van der Waals surface area contributed by atoms with Crippen LogP contribution in [0.3, 0.4) is 0 Å². The number of amides is 1. The normalized spacial score (nSPS) is 14.8. The molecule has 7 heteroatoms. The van der Waals surface area contributed by atoms with Crippen molar-refractivity contribution < 1.29 is 14.3 Å². The van der Waals surface area contributed by atoms with Crippen molar-refractivity contribution in [3.8, 4) is 0 Å². The SMILES string of the molecule is O=C1CCC(C(=O)OCc2cn3ccccc3n2)=NN1. The molecule has 0 atom stereocenters. The molecule has 1 amide bonds. The lowest BCUT2D eigenvalue weighted by Gasteiger charge is -2.10. The quantitative estimate of drug-likeness (QED) is 0.831. The van der Waals surface area contributed by atoms with E-state index in [2.05, 4.69) is 15.5 Å². The van der Waals surface area contributed by atoms with Gasteiger partial charge in [-0.2, -0.15) is 5.10 Å². The summed E-state index contributed by atoms with van der Waals surface area (Å²) in [7, 11) is 0. The number of rotatable bonds is 3. The van der Waals surface area contributed by atoms with E-state index < -0.39 is 5.97 Å². The lowest BCUT2D eigenvalue weighted by molar-refractivity contribution is -0.137. The van der Waals surface area contributed by atoms with Crippen molar-refractivity contribution in [1.82, 2.24) is 14.8 Å². The summed E-state index contributed by atoms with van der Waals surface area (Å²) in [6, 6.07) is 5.65. The maximum atomic E-state index is 11.8. The molecular weight excluding hydrogens is 260 g/mol. The zero-order chi connectivity index (χ0) is 13.9. The van der Waals surface area contributed by atoms with Crippen molar-refractivity contribution >= 4 is 23.2 Å². The van der Waals surface area contributed by atoms with Crippen LogP contribution in [-0.4, -0.2) is 27.0 Å². The average molecular weight is 272 g/mol. The highest BCUT2D eigenvalue weighted by Crippen LogP contribution is 2.07. The van der Waals surface area contributed by atoms with Crippen LogP contribution in [0.25, 0.3) is 5.65 Å². The molecule has 2 aromatic heterocycles. The van der Waals surface area contributed by atoms with Gasteiger partial charge in [-0.15, -0.1) is 0 Å². The average Bonchev–Trinajstić information content (AvgIpc) is 2.88. The summed E-state index contributed by atoms with van der Waals surface area (Å²) in [5.74, 6) is -0.719. The van der Waals surface area contributed by atoms with E-state index in [1.165, 1.54) is 0 Å². The van der Waals surface area contributed by atoms with Gasteiger partial charge in [0, 0.05) is 25.2 Å². The van der Waals surface area contributed by atoms with Crippen LogP contribution in [-0.2, 0) is 20.9 Å². The van der Waals surface area contributed by atoms with Gasteiger partial charge in [-0.05, 0) is 12.1 Å². The van der Waals surface area contributed by atoms with Gasteiger partial charge in [-0.25, -0.2) is 15.2 Å². The molecule has 0 aliphatic carbocycles. The summed E-state index contributed by atoms with van der Waals surface area (Å²) in [5, 5.41) is 3.68. The molecule has 0 radical (unpaired) electrons. The fourth-order valence-corrected chi connectivity index (χ4v) is 1.90. The topological polar surface area (TPSA) is 85.1 Å². The van der Waals surface area contributed by atoms with Crippen LogP contribution < -0.4 is 5.43 Å². The monoisotopic (exact) mass is 272 g/mol. The van der Waals surface area contributed by atoms with E-state index in [-0.39, 0.29) is 24.6 Å². The van der Waals surface area contributed by atoms with Gasteiger partial charge in [0.15, 0.2) is 0 Å². The molecule has 2 aromatic rings. The number of nitrogens with zero attached hydrogens (tertiary/aromatic N) is 3. The molecule has 7 nitrogen and oxygen atoms in total. The van der Waals surface area contributed by atoms with Gasteiger partial charge in [-0.1, -0.05) is 6.07 Å². The molecule has 3 rings (SSSR count). The van der Waals surface area contributed by atoms with Crippen LogP contribution in [0, 0.1) is 0 Å². The van der Waals surface area contributed by atoms with Crippen LogP contribution in [0.1, 0.15) is 18.5 Å². The predicted octanol–water partition coefficient (Wildman–Crippen LogP) is 0.643. The number of carbonyl (C=O) groups excluding carboxylic acids is 2. The Morgan fingerprint density at radius 3 is 3.05 bits per heavy atom. The Morgan fingerprint density at radius 2 is 2.30 bits per heavy atom. The number of nitrogens with one attached hydrogen (secondary N) is 1. The second kappa shape index (κ2) is 5.12. The van der Waals surface area contributed by atoms with Crippen molar-refractivity contribution in [2.24, 2.45) is 5.10 Å². The second-order valence-electron chi connectivity index (χ2n) is 4.37. The van der Waals surface area contributed by atoms with Gasteiger partial charge in [0.2, 0.25) is 5.91 Å². The fraction of sp³-hybridized carbons (Fsp3) is 0.231. The van der Waals surface area contributed by atoms with Crippen molar-refractivity contribution in [3.63, 3.8) is 0 Å². The van der Waals surface area contributed by atoms with Crippen molar-refractivity contribution in [1.29, 1.82) is 0 Å². The summed E-state index contributed by atoms with van der Waals surface area (Å²) >= 11 is 0. The minimum Gasteiger partial charge on any atom is -0.455 e. The molecule has 0 unspecified atom stereocenters.